The van der Waals surface area contributed by atoms with E-state index in [0.29, 0.717) is 23.1 Å². The molecule has 3 rings (SSSR count). The van der Waals surface area contributed by atoms with Crippen molar-refractivity contribution in [2.24, 2.45) is 0 Å². The average Bonchev–Trinajstić information content (AvgIpc) is 2.62. The van der Waals surface area contributed by atoms with E-state index in [1.54, 1.807) is 6.07 Å². The number of hydrogen-bond donors (Lipinski definition) is 2. The van der Waals surface area contributed by atoms with Gasteiger partial charge in [-0.3, -0.25) is 0 Å². The minimum atomic E-state index is -0.580. The molecule has 6 heteroatoms. The fourth-order valence-electron chi connectivity index (χ4n) is 2.77. The number of aliphatic hydroxyl groups is 1. The van der Waals surface area contributed by atoms with Crippen LogP contribution in [0.25, 0.3) is 10.9 Å². The molecule has 0 radical (unpaired) electrons. The number of fused-ring (bicyclic) bond motifs is 1. The number of halogens is 1. The highest BCUT2D eigenvalue weighted by molar-refractivity contribution is 5.90. The molecule has 0 aliphatic carbocycles. The number of rotatable bonds is 6. The predicted octanol–water partition coefficient (Wildman–Crippen LogP) is 3.70. The van der Waals surface area contributed by atoms with Crippen molar-refractivity contribution in [3.8, 4) is 5.75 Å². The van der Waals surface area contributed by atoms with E-state index in [1.807, 2.05) is 37.3 Å². The molecule has 0 fully saturated rings. The molecule has 0 amide bonds. The minimum Gasteiger partial charge on any atom is -0.494 e. The lowest BCUT2D eigenvalue weighted by molar-refractivity contribution is 0.162. The Kier molecular flexibility index (Phi) is 5.09. The minimum absolute atomic E-state index is 0.0515. The maximum absolute atomic E-state index is 13.8. The molecule has 5 nitrogen and oxygen atoms in total. The molecular weight excluding hydrogens is 321 g/mol. The third-order valence-corrected chi connectivity index (χ3v) is 4.05. The number of nitrogens with zero attached hydrogens (tertiary/aromatic N) is 2. The number of aromatic nitrogens is 2. The summed E-state index contributed by atoms with van der Waals surface area (Å²) < 4.78 is 18.9. The second kappa shape index (κ2) is 7.44. The first-order chi connectivity index (χ1) is 12.1. The first kappa shape index (κ1) is 17.1. The van der Waals surface area contributed by atoms with Gasteiger partial charge in [0, 0.05) is 17.5 Å². The van der Waals surface area contributed by atoms with Gasteiger partial charge in [-0.15, -0.1) is 0 Å². The van der Waals surface area contributed by atoms with E-state index in [1.165, 1.54) is 19.5 Å². The van der Waals surface area contributed by atoms with Gasteiger partial charge in [-0.25, -0.2) is 14.4 Å². The molecule has 2 unspecified atom stereocenters. The van der Waals surface area contributed by atoms with Gasteiger partial charge >= 0.3 is 0 Å². The van der Waals surface area contributed by atoms with Crippen molar-refractivity contribution in [1.82, 2.24) is 9.97 Å². The number of aliphatic hydroxyl groups excluding tert-OH is 1. The van der Waals surface area contributed by atoms with Crippen molar-refractivity contribution in [3.63, 3.8) is 0 Å². The third-order valence-electron chi connectivity index (χ3n) is 4.05. The summed E-state index contributed by atoms with van der Waals surface area (Å²) >= 11 is 0. The van der Waals surface area contributed by atoms with Crippen LogP contribution in [0.5, 0.6) is 5.75 Å². The Morgan fingerprint density at radius 1 is 1.20 bits per heavy atom. The molecule has 1 aromatic heterocycles. The summed E-state index contributed by atoms with van der Waals surface area (Å²) in [5.74, 6) is 0.255. The molecule has 0 bridgehead atoms. The van der Waals surface area contributed by atoms with E-state index in [-0.39, 0.29) is 11.8 Å². The monoisotopic (exact) mass is 341 g/mol. The van der Waals surface area contributed by atoms with Crippen LogP contribution in [-0.4, -0.2) is 28.2 Å². The molecule has 0 saturated carbocycles. The summed E-state index contributed by atoms with van der Waals surface area (Å²) in [6, 6.07) is 12.3. The maximum atomic E-state index is 13.8. The number of methoxy groups -OCH3 is 1. The van der Waals surface area contributed by atoms with Crippen LogP contribution in [0, 0.1) is 5.82 Å². The topological polar surface area (TPSA) is 67.3 Å². The van der Waals surface area contributed by atoms with E-state index in [2.05, 4.69) is 15.3 Å². The molecule has 2 atom stereocenters. The van der Waals surface area contributed by atoms with Crippen molar-refractivity contribution in [3.05, 3.63) is 60.2 Å². The SMILES string of the molecule is COc1cc2c(NC(C)CC(O)c3ccccc3)ncnc2cc1F. The van der Waals surface area contributed by atoms with E-state index < -0.39 is 11.9 Å². The summed E-state index contributed by atoms with van der Waals surface area (Å²) in [5, 5.41) is 14.3. The lowest BCUT2D eigenvalue weighted by atomic mass is 10.0. The summed E-state index contributed by atoms with van der Waals surface area (Å²) in [7, 11) is 1.42. The van der Waals surface area contributed by atoms with Gasteiger partial charge in [0.2, 0.25) is 0 Å². The highest BCUT2D eigenvalue weighted by atomic mass is 19.1. The Labute approximate surface area is 145 Å². The standard InChI is InChI=1S/C19H20FN3O2/c1-12(8-17(24)13-6-4-3-5-7-13)23-19-14-9-18(25-2)15(20)10-16(14)21-11-22-19/h3-7,9-12,17,24H,8H2,1-2H3,(H,21,22,23). The van der Waals surface area contributed by atoms with Crippen LogP contribution in [0.2, 0.25) is 0 Å². The van der Waals surface area contributed by atoms with E-state index in [9.17, 15) is 9.50 Å². The second-order valence-corrected chi connectivity index (χ2v) is 5.93. The second-order valence-electron chi connectivity index (χ2n) is 5.93. The van der Waals surface area contributed by atoms with Gasteiger partial charge in [0.15, 0.2) is 11.6 Å². The van der Waals surface area contributed by atoms with E-state index in [0.717, 1.165) is 5.56 Å². The molecule has 0 aliphatic heterocycles. The van der Waals surface area contributed by atoms with Crippen LogP contribution in [0.3, 0.4) is 0 Å². The number of nitrogens with one attached hydrogen (secondary N) is 1. The maximum Gasteiger partial charge on any atom is 0.167 e. The molecule has 130 valence electrons. The molecular formula is C19H20FN3O2. The van der Waals surface area contributed by atoms with E-state index in [4.69, 9.17) is 4.74 Å². The summed E-state index contributed by atoms with van der Waals surface area (Å²) in [6.45, 7) is 1.96. The van der Waals surface area contributed by atoms with Crippen LogP contribution in [0.1, 0.15) is 25.0 Å². The van der Waals surface area contributed by atoms with Gasteiger partial charge in [0.05, 0.1) is 18.7 Å². The van der Waals surface area contributed by atoms with E-state index >= 15 is 0 Å². The van der Waals surface area contributed by atoms with Crippen molar-refractivity contribution in [1.29, 1.82) is 0 Å². The Hall–Kier alpha value is -2.73. The number of anilines is 1. The van der Waals surface area contributed by atoms with Gasteiger partial charge in [0.1, 0.15) is 12.1 Å². The largest absolute Gasteiger partial charge is 0.494 e. The van der Waals surface area contributed by atoms with Gasteiger partial charge in [0.25, 0.3) is 0 Å². The van der Waals surface area contributed by atoms with Crippen molar-refractivity contribution >= 4 is 16.7 Å². The molecule has 2 N–H and O–H groups in total. The summed E-state index contributed by atoms with van der Waals surface area (Å²) in [5.41, 5.74) is 1.36. The molecule has 25 heavy (non-hydrogen) atoms. The molecule has 1 heterocycles. The Morgan fingerprint density at radius 2 is 1.96 bits per heavy atom. The quantitative estimate of drug-likeness (QED) is 0.715. The van der Waals surface area contributed by atoms with Crippen molar-refractivity contribution in [2.45, 2.75) is 25.5 Å². The highest BCUT2D eigenvalue weighted by Crippen LogP contribution is 2.28. The van der Waals surface area contributed by atoms with Gasteiger partial charge in [-0.05, 0) is 25.0 Å². The zero-order chi connectivity index (χ0) is 17.8. The number of benzene rings is 2. The summed E-state index contributed by atoms with van der Waals surface area (Å²) in [6.07, 6.45) is 1.31. The Bertz CT molecular complexity index is 858. The Morgan fingerprint density at radius 3 is 2.68 bits per heavy atom. The molecule has 3 aromatic rings. The van der Waals surface area contributed by atoms with Crippen LogP contribution in [0.15, 0.2) is 48.8 Å². The lowest BCUT2D eigenvalue weighted by Gasteiger charge is -2.19. The van der Waals surface area contributed by atoms with Crippen LogP contribution >= 0.6 is 0 Å². The smallest absolute Gasteiger partial charge is 0.167 e. The molecule has 2 aromatic carbocycles. The highest BCUT2D eigenvalue weighted by Gasteiger charge is 2.15. The van der Waals surface area contributed by atoms with Gasteiger partial charge in [-0.2, -0.15) is 0 Å². The predicted molar refractivity (Wildman–Crippen MR) is 95.2 cm³/mol. The van der Waals surface area contributed by atoms with Gasteiger partial charge < -0.3 is 15.2 Å². The van der Waals surface area contributed by atoms with Gasteiger partial charge in [-0.1, -0.05) is 30.3 Å². The average molecular weight is 341 g/mol. The summed E-state index contributed by atoms with van der Waals surface area (Å²) in [4.78, 5) is 8.35. The van der Waals surface area contributed by atoms with Crippen LogP contribution < -0.4 is 10.1 Å². The molecule has 0 saturated heterocycles. The zero-order valence-electron chi connectivity index (χ0n) is 14.1. The fraction of sp³-hybridized carbons (Fsp3) is 0.263. The number of ether oxygens (including phenoxy) is 1. The first-order valence-corrected chi connectivity index (χ1v) is 8.06. The first-order valence-electron chi connectivity index (χ1n) is 8.06. The molecule has 0 aliphatic rings. The van der Waals surface area contributed by atoms with Crippen molar-refractivity contribution in [2.75, 3.05) is 12.4 Å². The fourth-order valence-corrected chi connectivity index (χ4v) is 2.77. The number of hydrogen-bond acceptors (Lipinski definition) is 5. The Balaban J connectivity index is 1.80. The normalized spacial score (nSPS) is 13.4. The molecule has 0 spiro atoms. The van der Waals surface area contributed by atoms with Crippen molar-refractivity contribution < 1.29 is 14.2 Å². The zero-order valence-corrected chi connectivity index (χ0v) is 14.1. The van der Waals surface area contributed by atoms with Crippen LogP contribution in [0.4, 0.5) is 10.2 Å². The lowest BCUT2D eigenvalue weighted by Crippen LogP contribution is -2.19. The van der Waals surface area contributed by atoms with Crippen LogP contribution in [-0.2, 0) is 0 Å². The third kappa shape index (κ3) is 3.85.